The predicted octanol–water partition coefficient (Wildman–Crippen LogP) is 1.67. The number of carbonyl (C=O) groups excluding carboxylic acids is 1. The van der Waals surface area contributed by atoms with Crippen molar-refractivity contribution < 1.29 is 13.2 Å². The van der Waals surface area contributed by atoms with Crippen molar-refractivity contribution in [1.29, 1.82) is 0 Å². The molecule has 2 N–H and O–H groups in total. The molecule has 0 spiro atoms. The molecule has 0 fully saturated rings. The fourth-order valence-corrected chi connectivity index (χ4v) is 2.35. The van der Waals surface area contributed by atoms with Crippen LogP contribution in [0.2, 0.25) is 0 Å². The molecule has 1 aromatic carbocycles. The molecule has 1 amide bonds. The molecule has 0 aliphatic rings. The molecular weight excluding hydrogens is 302 g/mol. The Morgan fingerprint density at radius 1 is 1.36 bits per heavy atom. The van der Waals surface area contributed by atoms with Gasteiger partial charge in [0.15, 0.2) is 9.84 Å². The highest BCUT2D eigenvalue weighted by Crippen LogP contribution is 2.21. The maximum Gasteiger partial charge on any atom is 0.269 e. The summed E-state index contributed by atoms with van der Waals surface area (Å²) in [6.07, 6.45) is 2.47. The number of aryl methyl sites for hydroxylation is 1. The minimum absolute atomic E-state index is 0.130. The van der Waals surface area contributed by atoms with E-state index in [-0.39, 0.29) is 12.5 Å². The molecule has 0 aliphatic heterocycles. The molecule has 0 saturated carbocycles. The van der Waals surface area contributed by atoms with Gasteiger partial charge in [0.2, 0.25) is 0 Å². The molecule has 0 unspecified atom stereocenters. The molecule has 1 heterocycles. The molecule has 0 bridgehead atoms. The number of aromatic amines is 1. The van der Waals surface area contributed by atoms with E-state index >= 15 is 0 Å². The van der Waals surface area contributed by atoms with Crippen LogP contribution in [0.15, 0.2) is 41.8 Å². The van der Waals surface area contributed by atoms with Crippen molar-refractivity contribution in [2.24, 2.45) is 0 Å². The van der Waals surface area contributed by atoms with Gasteiger partial charge in [-0.05, 0) is 18.6 Å². The largest absolute Gasteiger partial charge is 0.347 e. The fourth-order valence-electron chi connectivity index (χ4n) is 1.91. The van der Waals surface area contributed by atoms with Gasteiger partial charge in [-0.2, -0.15) is 5.10 Å². The van der Waals surface area contributed by atoms with E-state index in [9.17, 15) is 13.2 Å². The summed E-state index contributed by atoms with van der Waals surface area (Å²) in [5.74, 6) is -0.342. The number of rotatable bonds is 5. The highest BCUT2D eigenvalue weighted by Gasteiger charge is 2.11. The van der Waals surface area contributed by atoms with Gasteiger partial charge in [-0.3, -0.25) is 9.89 Å². The van der Waals surface area contributed by atoms with E-state index in [4.69, 9.17) is 0 Å². The second-order valence-corrected chi connectivity index (χ2v) is 6.82. The van der Waals surface area contributed by atoms with E-state index in [1.165, 1.54) is 6.08 Å². The first-order valence-electron chi connectivity index (χ1n) is 6.63. The Kier molecular flexibility index (Phi) is 4.77. The van der Waals surface area contributed by atoms with E-state index in [2.05, 4.69) is 15.5 Å². The summed E-state index contributed by atoms with van der Waals surface area (Å²) in [5.41, 5.74) is 3.03. The summed E-state index contributed by atoms with van der Waals surface area (Å²) in [4.78, 5) is 11.9. The quantitative estimate of drug-likeness (QED) is 0.877. The average Bonchev–Trinajstić information content (AvgIpc) is 2.92. The number of amides is 1. The van der Waals surface area contributed by atoms with Gasteiger partial charge in [0.25, 0.3) is 5.91 Å². The number of aromatic nitrogens is 2. The Morgan fingerprint density at radius 3 is 2.77 bits per heavy atom. The van der Waals surface area contributed by atoms with Crippen molar-refractivity contribution in [2.75, 3.05) is 12.8 Å². The monoisotopic (exact) mass is 319 g/mol. The first kappa shape index (κ1) is 16.0. The van der Waals surface area contributed by atoms with Crippen LogP contribution in [-0.2, 0) is 9.84 Å². The molecule has 2 aromatic rings. The molecule has 6 nitrogen and oxygen atoms in total. The lowest BCUT2D eigenvalue weighted by molar-refractivity contribution is 0.0953. The van der Waals surface area contributed by atoms with Crippen LogP contribution in [-0.4, -0.2) is 37.3 Å². The van der Waals surface area contributed by atoms with Gasteiger partial charge in [0.1, 0.15) is 5.69 Å². The summed E-state index contributed by atoms with van der Waals surface area (Å²) < 4.78 is 21.8. The highest BCUT2D eigenvalue weighted by molar-refractivity contribution is 7.93. The molecule has 22 heavy (non-hydrogen) atoms. The zero-order valence-electron chi connectivity index (χ0n) is 12.3. The van der Waals surface area contributed by atoms with E-state index in [0.29, 0.717) is 11.4 Å². The summed E-state index contributed by atoms with van der Waals surface area (Å²) >= 11 is 0. The summed E-state index contributed by atoms with van der Waals surface area (Å²) in [6.45, 7) is 2.10. The van der Waals surface area contributed by atoms with E-state index < -0.39 is 9.84 Å². The Morgan fingerprint density at radius 2 is 2.09 bits per heavy atom. The lowest BCUT2D eigenvalue weighted by atomic mass is 10.1. The van der Waals surface area contributed by atoms with Gasteiger partial charge in [0, 0.05) is 23.8 Å². The number of benzene rings is 1. The van der Waals surface area contributed by atoms with Crippen molar-refractivity contribution in [3.8, 4) is 11.3 Å². The van der Waals surface area contributed by atoms with Crippen molar-refractivity contribution in [3.63, 3.8) is 0 Å². The standard InChI is InChI=1S/C15H17N3O3S/c1-11-6-3-4-7-12(11)13-10-14(18-17-13)15(19)16-8-5-9-22(2,20)21/h3-7,9-10H,8H2,1-2H3,(H,16,19)(H,17,18)/b9-5+. The Balaban J connectivity index is 2.04. The molecule has 2 rings (SSSR count). The lowest BCUT2D eigenvalue weighted by Gasteiger charge is -2.00. The SMILES string of the molecule is Cc1ccccc1-c1cc(C(=O)NC/C=C/S(C)(=O)=O)[nH]n1. The number of sulfone groups is 1. The molecule has 7 heteroatoms. The number of hydrogen-bond donors (Lipinski definition) is 2. The van der Waals surface area contributed by atoms with Crippen molar-refractivity contribution >= 4 is 15.7 Å². The van der Waals surface area contributed by atoms with Crippen molar-refractivity contribution in [1.82, 2.24) is 15.5 Å². The minimum Gasteiger partial charge on any atom is -0.347 e. The van der Waals surface area contributed by atoms with Crippen LogP contribution in [0.4, 0.5) is 0 Å². The summed E-state index contributed by atoms with van der Waals surface area (Å²) in [5, 5.41) is 10.5. The molecular formula is C15H17N3O3S. The first-order chi connectivity index (χ1) is 10.4. The summed E-state index contributed by atoms with van der Waals surface area (Å²) in [7, 11) is -3.18. The molecule has 0 saturated heterocycles. The number of H-pyrrole nitrogens is 1. The summed E-state index contributed by atoms with van der Waals surface area (Å²) in [6, 6.07) is 9.42. The van der Waals surface area contributed by atoms with Gasteiger partial charge in [-0.1, -0.05) is 30.3 Å². The molecule has 0 aliphatic carbocycles. The first-order valence-corrected chi connectivity index (χ1v) is 8.58. The third kappa shape index (κ3) is 4.29. The maximum absolute atomic E-state index is 11.9. The molecule has 0 radical (unpaired) electrons. The van der Waals surface area contributed by atoms with Gasteiger partial charge >= 0.3 is 0 Å². The average molecular weight is 319 g/mol. The smallest absolute Gasteiger partial charge is 0.269 e. The maximum atomic E-state index is 11.9. The minimum atomic E-state index is -3.18. The van der Waals surface area contributed by atoms with Gasteiger partial charge in [0.05, 0.1) is 5.69 Å². The molecule has 0 atom stereocenters. The number of nitrogens with zero attached hydrogens (tertiary/aromatic N) is 1. The fraction of sp³-hybridized carbons (Fsp3) is 0.200. The predicted molar refractivity (Wildman–Crippen MR) is 85.1 cm³/mol. The number of carbonyl (C=O) groups is 1. The topological polar surface area (TPSA) is 91.9 Å². The Hall–Kier alpha value is -2.41. The Bertz CT molecular complexity index is 807. The van der Waals surface area contributed by atoms with E-state index in [1.54, 1.807) is 6.07 Å². The van der Waals surface area contributed by atoms with Crippen LogP contribution in [0.1, 0.15) is 16.1 Å². The van der Waals surface area contributed by atoms with Crippen LogP contribution in [0.25, 0.3) is 11.3 Å². The second-order valence-electron chi connectivity index (χ2n) is 4.89. The van der Waals surface area contributed by atoms with Crippen LogP contribution < -0.4 is 5.32 Å². The van der Waals surface area contributed by atoms with Crippen LogP contribution in [0.3, 0.4) is 0 Å². The van der Waals surface area contributed by atoms with Gasteiger partial charge < -0.3 is 5.32 Å². The number of hydrogen-bond acceptors (Lipinski definition) is 4. The Labute approximate surface area is 129 Å². The second kappa shape index (κ2) is 6.57. The lowest BCUT2D eigenvalue weighted by Crippen LogP contribution is -2.23. The van der Waals surface area contributed by atoms with Crippen LogP contribution >= 0.6 is 0 Å². The third-order valence-electron chi connectivity index (χ3n) is 2.97. The number of nitrogens with one attached hydrogen (secondary N) is 2. The van der Waals surface area contributed by atoms with E-state index in [1.807, 2.05) is 31.2 Å². The van der Waals surface area contributed by atoms with Crippen molar-refractivity contribution in [2.45, 2.75) is 6.92 Å². The highest BCUT2D eigenvalue weighted by atomic mass is 32.2. The van der Waals surface area contributed by atoms with Gasteiger partial charge in [-0.25, -0.2) is 8.42 Å². The van der Waals surface area contributed by atoms with Gasteiger partial charge in [-0.15, -0.1) is 0 Å². The molecule has 1 aromatic heterocycles. The van der Waals surface area contributed by atoms with Crippen LogP contribution in [0, 0.1) is 6.92 Å². The zero-order valence-corrected chi connectivity index (χ0v) is 13.1. The van der Waals surface area contributed by atoms with Crippen LogP contribution in [0.5, 0.6) is 0 Å². The van der Waals surface area contributed by atoms with Crippen molar-refractivity contribution in [3.05, 3.63) is 53.1 Å². The van der Waals surface area contributed by atoms with E-state index in [0.717, 1.165) is 22.8 Å². The molecule has 116 valence electrons. The third-order valence-corrected chi connectivity index (χ3v) is 3.65. The normalized spacial score (nSPS) is 11.7. The zero-order chi connectivity index (χ0) is 16.2.